The van der Waals surface area contributed by atoms with Crippen LogP contribution in [0.3, 0.4) is 0 Å². The zero-order chi connectivity index (χ0) is 26.1. The maximum atomic E-state index is 13.0. The fourth-order valence-electron chi connectivity index (χ4n) is 2.93. The summed E-state index contributed by atoms with van der Waals surface area (Å²) in [5.41, 5.74) is 7.43. The average Bonchev–Trinajstić information content (AvgIpc) is 2.83. The smallest absolute Gasteiger partial charge is 0.271 e. The number of nitrogens with zero attached hydrogens (tertiary/aromatic N) is 1. The molecule has 4 aromatic carbocycles. The third-order valence-corrected chi connectivity index (χ3v) is 5.24. The Morgan fingerprint density at radius 2 is 1.25 bits per heavy atom. The second-order valence-corrected chi connectivity index (χ2v) is 8.21. The number of nitro benzene ring substituents is 1. The summed E-state index contributed by atoms with van der Waals surface area (Å²) in [6, 6.07) is 21.1. The highest BCUT2D eigenvalue weighted by Crippen LogP contribution is 2.29. The Balaban J connectivity index is 0.000000202. The summed E-state index contributed by atoms with van der Waals surface area (Å²) in [5, 5.41) is 11.1. The number of hydrogen-bond acceptors (Lipinski definition) is 5. The van der Waals surface area contributed by atoms with Gasteiger partial charge in [0, 0.05) is 17.8 Å². The van der Waals surface area contributed by atoms with Crippen molar-refractivity contribution in [2.24, 2.45) is 0 Å². The maximum absolute atomic E-state index is 13.0. The van der Waals surface area contributed by atoms with E-state index >= 15 is 0 Å². The first-order valence-corrected chi connectivity index (χ1v) is 11.2. The van der Waals surface area contributed by atoms with Gasteiger partial charge in [0.25, 0.3) is 5.69 Å². The third-order valence-electron chi connectivity index (χ3n) is 4.65. The molecule has 0 aliphatic heterocycles. The maximum Gasteiger partial charge on any atom is 0.271 e. The molecule has 10 heteroatoms. The number of halogens is 4. The van der Waals surface area contributed by atoms with Crippen molar-refractivity contribution in [1.29, 1.82) is 0 Å². The zero-order valence-electron chi connectivity index (χ0n) is 18.7. The molecule has 0 saturated heterocycles. The Bertz CT molecular complexity index is 1360. The van der Waals surface area contributed by atoms with Gasteiger partial charge >= 0.3 is 0 Å². The lowest BCUT2D eigenvalue weighted by Crippen LogP contribution is -1.97. The number of benzene rings is 4. The molecule has 0 bridgehead atoms. The topological polar surface area (TPSA) is 87.6 Å². The van der Waals surface area contributed by atoms with Gasteiger partial charge in [-0.15, -0.1) is 0 Å². The van der Waals surface area contributed by atoms with E-state index in [9.17, 15) is 18.9 Å². The van der Waals surface area contributed by atoms with Gasteiger partial charge < -0.3 is 15.2 Å². The van der Waals surface area contributed by atoms with E-state index in [-0.39, 0.29) is 35.6 Å². The van der Waals surface area contributed by atoms with Gasteiger partial charge in [-0.3, -0.25) is 10.1 Å². The summed E-state index contributed by atoms with van der Waals surface area (Å²) >= 11 is 11.8. The highest BCUT2D eigenvalue weighted by Gasteiger charge is 2.10. The number of nitrogens with two attached hydrogens (primary N) is 1. The molecule has 4 rings (SSSR count). The van der Waals surface area contributed by atoms with Crippen LogP contribution in [0.2, 0.25) is 10.0 Å². The number of nitro groups is 1. The molecule has 0 fully saturated rings. The van der Waals surface area contributed by atoms with Crippen LogP contribution in [0.4, 0.5) is 20.2 Å². The van der Waals surface area contributed by atoms with Gasteiger partial charge in [0.15, 0.2) is 0 Å². The Hall–Kier alpha value is -3.88. The fourth-order valence-corrected chi connectivity index (χ4v) is 3.40. The zero-order valence-corrected chi connectivity index (χ0v) is 20.2. The van der Waals surface area contributed by atoms with Crippen molar-refractivity contribution in [3.05, 3.63) is 128 Å². The Labute approximate surface area is 215 Å². The summed E-state index contributed by atoms with van der Waals surface area (Å²) in [5.74, 6) is 0.215. The molecule has 0 amide bonds. The predicted molar refractivity (Wildman–Crippen MR) is 135 cm³/mol. The molecular weight excluding hydrogens is 513 g/mol. The van der Waals surface area contributed by atoms with Crippen LogP contribution in [-0.4, -0.2) is 4.92 Å². The summed E-state index contributed by atoms with van der Waals surface area (Å²) in [7, 11) is 0. The minimum absolute atomic E-state index is 0.108. The molecule has 0 saturated carbocycles. The molecule has 0 aromatic heterocycles. The van der Waals surface area contributed by atoms with E-state index in [1.165, 1.54) is 42.5 Å². The molecule has 2 N–H and O–H groups in total. The first-order chi connectivity index (χ1) is 17.2. The summed E-state index contributed by atoms with van der Waals surface area (Å²) in [4.78, 5) is 10.0. The lowest BCUT2D eigenvalue weighted by Gasteiger charge is -2.08. The van der Waals surface area contributed by atoms with Gasteiger partial charge in [0.2, 0.25) is 0 Å². The molecule has 0 heterocycles. The Morgan fingerprint density at radius 3 is 1.69 bits per heavy atom. The van der Waals surface area contributed by atoms with Crippen LogP contribution in [0.25, 0.3) is 0 Å². The summed E-state index contributed by atoms with van der Waals surface area (Å²) < 4.78 is 36.8. The number of anilines is 1. The Kier molecular flexibility index (Phi) is 9.44. The van der Waals surface area contributed by atoms with Crippen LogP contribution >= 0.6 is 23.2 Å². The number of non-ortho nitro benzene ring substituents is 1. The van der Waals surface area contributed by atoms with E-state index < -0.39 is 4.92 Å². The summed E-state index contributed by atoms with van der Waals surface area (Å²) in [6.45, 7) is 0.399. The predicted octanol–water partition coefficient (Wildman–Crippen LogP) is 7.61. The second kappa shape index (κ2) is 12.7. The molecule has 0 spiro atoms. The van der Waals surface area contributed by atoms with Gasteiger partial charge in [-0.25, -0.2) is 8.78 Å². The molecule has 0 aliphatic rings. The number of nitrogen functional groups attached to an aromatic ring is 1. The van der Waals surface area contributed by atoms with Crippen molar-refractivity contribution in [2.75, 3.05) is 5.73 Å². The standard InChI is InChI=1S/C13H9ClFNO3.C13H11ClFNO/c14-12-7-11(16(17)18)4-5-13(12)19-8-9-2-1-3-10(15)6-9;14-12-7-11(16)4-5-13(12)17-8-9-2-1-3-10(15)6-9/h1-7H,8H2;1-7H,8,16H2. The van der Waals surface area contributed by atoms with E-state index in [1.807, 2.05) is 0 Å². The molecule has 4 aromatic rings. The number of rotatable bonds is 7. The first kappa shape index (κ1) is 26.7. The molecule has 36 heavy (non-hydrogen) atoms. The van der Waals surface area contributed by atoms with Crippen LogP contribution in [0.1, 0.15) is 11.1 Å². The van der Waals surface area contributed by atoms with E-state index in [4.69, 9.17) is 38.4 Å². The number of ether oxygens (including phenoxy) is 2. The van der Waals surface area contributed by atoms with Crippen molar-refractivity contribution < 1.29 is 23.2 Å². The molecule has 6 nitrogen and oxygen atoms in total. The third kappa shape index (κ3) is 8.11. The van der Waals surface area contributed by atoms with E-state index in [0.29, 0.717) is 27.8 Å². The average molecular weight is 533 g/mol. The van der Waals surface area contributed by atoms with Crippen LogP contribution in [0.5, 0.6) is 11.5 Å². The van der Waals surface area contributed by atoms with Crippen LogP contribution in [0.15, 0.2) is 84.9 Å². The first-order valence-electron chi connectivity index (χ1n) is 10.4. The molecule has 0 aliphatic carbocycles. The largest absolute Gasteiger partial charge is 0.487 e. The van der Waals surface area contributed by atoms with Gasteiger partial charge in [-0.2, -0.15) is 0 Å². The monoisotopic (exact) mass is 532 g/mol. The summed E-state index contributed by atoms with van der Waals surface area (Å²) in [6.07, 6.45) is 0. The van der Waals surface area contributed by atoms with E-state index in [2.05, 4.69) is 0 Å². The van der Waals surface area contributed by atoms with Crippen LogP contribution < -0.4 is 15.2 Å². The minimum Gasteiger partial charge on any atom is -0.487 e. The van der Waals surface area contributed by atoms with Crippen molar-refractivity contribution in [3.63, 3.8) is 0 Å². The molecule has 186 valence electrons. The minimum atomic E-state index is -0.539. The molecule has 0 unspecified atom stereocenters. The number of hydrogen-bond donors (Lipinski definition) is 1. The van der Waals surface area contributed by atoms with E-state index in [1.54, 1.807) is 42.5 Å². The SMILES string of the molecule is Nc1ccc(OCc2cccc(F)c2)c(Cl)c1.O=[N+]([O-])c1ccc(OCc2cccc(F)c2)c(Cl)c1. The normalized spacial score (nSPS) is 10.2. The fraction of sp³-hybridized carbons (Fsp3) is 0.0769. The van der Waals surface area contributed by atoms with Crippen molar-refractivity contribution >= 4 is 34.6 Å². The Morgan fingerprint density at radius 1 is 0.750 bits per heavy atom. The van der Waals surface area contributed by atoms with Gasteiger partial charge in [-0.05, 0) is 59.7 Å². The molecule has 0 atom stereocenters. The van der Waals surface area contributed by atoms with Crippen LogP contribution in [0, 0.1) is 21.7 Å². The lowest BCUT2D eigenvalue weighted by atomic mass is 10.2. The van der Waals surface area contributed by atoms with Crippen molar-refractivity contribution in [2.45, 2.75) is 13.2 Å². The van der Waals surface area contributed by atoms with E-state index in [0.717, 1.165) is 5.56 Å². The molecular formula is C26H20Cl2F2N2O4. The van der Waals surface area contributed by atoms with Gasteiger partial charge in [0.1, 0.15) is 36.3 Å². The van der Waals surface area contributed by atoms with Gasteiger partial charge in [-0.1, -0.05) is 47.5 Å². The lowest BCUT2D eigenvalue weighted by molar-refractivity contribution is -0.384. The van der Waals surface area contributed by atoms with Gasteiger partial charge in [0.05, 0.1) is 15.0 Å². The van der Waals surface area contributed by atoms with Crippen molar-refractivity contribution in [1.82, 2.24) is 0 Å². The highest BCUT2D eigenvalue weighted by molar-refractivity contribution is 6.32. The quantitative estimate of drug-likeness (QED) is 0.150. The second-order valence-electron chi connectivity index (χ2n) is 7.40. The van der Waals surface area contributed by atoms with Crippen molar-refractivity contribution in [3.8, 4) is 11.5 Å². The van der Waals surface area contributed by atoms with Crippen LogP contribution in [-0.2, 0) is 13.2 Å². The highest BCUT2D eigenvalue weighted by atomic mass is 35.5. The molecule has 0 radical (unpaired) electrons.